The number of pyridine rings is 1. The Morgan fingerprint density at radius 3 is 2.63 bits per heavy atom. The van der Waals surface area contributed by atoms with Gasteiger partial charge in [0.15, 0.2) is 6.73 Å². The van der Waals surface area contributed by atoms with E-state index in [0.717, 1.165) is 67.2 Å². The number of aromatic nitrogens is 1. The van der Waals surface area contributed by atoms with Crippen molar-refractivity contribution in [1.82, 2.24) is 4.98 Å². The highest BCUT2D eigenvalue weighted by atomic mass is 79.9. The molecule has 38 heavy (non-hydrogen) atoms. The molecule has 0 bridgehead atoms. The van der Waals surface area contributed by atoms with E-state index in [0.29, 0.717) is 6.73 Å². The standard InChI is InChI=1S/C33H29BrN2O2/c1-3-36(2)19-18-33(38-22-36,29-15-9-13-23-10-7-8-14-27(23)29)31(24-11-5-4-6-12-24)28-21-25-20-26(34)16-17-30(25)35-32(28)37/h4-8,10-14,16-17,20-21,31H,3,18-19,22H2,1-2H3/p+1. The lowest BCUT2D eigenvalue weighted by molar-refractivity contribution is -0.936. The molecule has 1 aromatic heterocycles. The summed E-state index contributed by atoms with van der Waals surface area (Å²) in [5.74, 6) is -0.292. The molecule has 2 aliphatic rings. The zero-order chi connectivity index (χ0) is 26.3. The first-order chi connectivity index (χ1) is 18.4. The van der Waals surface area contributed by atoms with E-state index in [1.807, 2.05) is 48.5 Å². The molecule has 0 spiro atoms. The van der Waals surface area contributed by atoms with E-state index in [4.69, 9.17) is 4.74 Å². The highest BCUT2D eigenvalue weighted by Gasteiger charge is 2.52. The van der Waals surface area contributed by atoms with Crippen LogP contribution in [0.2, 0.25) is 0 Å². The number of fused-ring (bicyclic) bond motifs is 2. The number of halogens is 1. The van der Waals surface area contributed by atoms with Gasteiger partial charge in [-0.3, -0.25) is 0 Å². The Kier molecular flexibility index (Phi) is 6.36. The van der Waals surface area contributed by atoms with Crippen molar-refractivity contribution in [2.24, 2.45) is 0 Å². The van der Waals surface area contributed by atoms with Crippen LogP contribution in [0.25, 0.3) is 22.6 Å². The van der Waals surface area contributed by atoms with Gasteiger partial charge in [0.1, 0.15) is 5.60 Å². The van der Waals surface area contributed by atoms with Crippen molar-refractivity contribution in [2.45, 2.75) is 24.9 Å². The largest absolute Gasteiger partial charge is 0.493 e. The molecule has 5 heteroatoms. The second-order valence-electron chi connectivity index (χ2n) is 10.5. The summed E-state index contributed by atoms with van der Waals surface area (Å²) in [5, 5.41) is 12.4. The third-order valence-electron chi connectivity index (χ3n) is 8.19. The van der Waals surface area contributed by atoms with Gasteiger partial charge in [0.05, 0.1) is 25.7 Å². The summed E-state index contributed by atoms with van der Waals surface area (Å²) < 4.78 is 8.90. The first kappa shape index (κ1) is 24.9. The number of rotatable bonds is 5. The lowest BCUT2D eigenvalue weighted by atomic mass is 9.68. The van der Waals surface area contributed by atoms with Crippen molar-refractivity contribution in [3.8, 4) is 5.88 Å². The summed E-state index contributed by atoms with van der Waals surface area (Å²) in [6.07, 6.45) is 2.73. The van der Waals surface area contributed by atoms with Crippen molar-refractivity contribution >= 4 is 38.5 Å². The summed E-state index contributed by atoms with van der Waals surface area (Å²) in [7, 11) is 2.24. The molecule has 4 nitrogen and oxygen atoms in total. The van der Waals surface area contributed by atoms with Crippen LogP contribution < -0.4 is 0 Å². The molecule has 1 saturated heterocycles. The van der Waals surface area contributed by atoms with Crippen LogP contribution in [0.3, 0.4) is 0 Å². The van der Waals surface area contributed by atoms with Gasteiger partial charge in [-0.1, -0.05) is 82.0 Å². The van der Waals surface area contributed by atoms with E-state index in [1.54, 1.807) is 0 Å². The number of hydrogen-bond donors (Lipinski definition) is 1. The zero-order valence-electron chi connectivity index (χ0n) is 21.6. The van der Waals surface area contributed by atoms with Crippen molar-refractivity contribution in [3.05, 3.63) is 117 Å². The highest BCUT2D eigenvalue weighted by molar-refractivity contribution is 9.10. The zero-order valence-corrected chi connectivity index (χ0v) is 23.2. The summed E-state index contributed by atoms with van der Waals surface area (Å²) in [6, 6.07) is 26.7. The van der Waals surface area contributed by atoms with E-state index in [2.05, 4.69) is 82.7 Å². The molecule has 190 valence electrons. The number of nitrogens with zero attached hydrogens (tertiary/aromatic N) is 2. The Balaban J connectivity index is 1.64. The van der Waals surface area contributed by atoms with Crippen molar-refractivity contribution in [2.75, 3.05) is 26.9 Å². The minimum absolute atomic E-state index is 0.0270. The van der Waals surface area contributed by atoms with Crippen molar-refractivity contribution < 1.29 is 14.3 Å². The molecule has 1 aliphatic carbocycles. The van der Waals surface area contributed by atoms with Crippen LogP contribution in [-0.2, 0) is 4.74 Å². The predicted octanol–water partition coefficient (Wildman–Crippen LogP) is 7.28. The molecule has 0 amide bonds. The molecule has 1 fully saturated rings. The summed E-state index contributed by atoms with van der Waals surface area (Å²) in [6.45, 7) is 4.68. The van der Waals surface area contributed by atoms with Crippen LogP contribution in [0.1, 0.15) is 41.5 Å². The van der Waals surface area contributed by atoms with E-state index in [-0.39, 0.29) is 11.8 Å². The number of hydrogen-bond acceptors (Lipinski definition) is 3. The Bertz CT molecular complexity index is 1620. The topological polar surface area (TPSA) is 42.4 Å². The molecule has 2 heterocycles. The SMILES string of the molecule is CC[N+]1(C)CCC(C2=C=C=Cc3ccccc32)(C(c2ccccc2)c2cc3cc(Br)ccc3nc2O)OC1. The molecule has 1 N–H and O–H groups in total. The molecule has 6 rings (SSSR count). The Morgan fingerprint density at radius 2 is 1.87 bits per heavy atom. The van der Waals surface area contributed by atoms with Gasteiger partial charge in [-0.05, 0) is 54.0 Å². The third-order valence-corrected chi connectivity index (χ3v) is 8.69. The van der Waals surface area contributed by atoms with Crippen LogP contribution in [-0.4, -0.2) is 47.0 Å². The monoisotopic (exact) mass is 565 g/mol. The van der Waals surface area contributed by atoms with E-state index in [9.17, 15) is 5.11 Å². The number of ether oxygens (including phenoxy) is 1. The van der Waals surface area contributed by atoms with Gasteiger partial charge in [-0.15, -0.1) is 0 Å². The second-order valence-corrected chi connectivity index (χ2v) is 11.4. The minimum Gasteiger partial charge on any atom is -0.493 e. The Morgan fingerprint density at radius 1 is 1.08 bits per heavy atom. The second kappa shape index (κ2) is 9.71. The molecule has 1 aliphatic heterocycles. The maximum Gasteiger partial charge on any atom is 0.215 e. The minimum atomic E-state index is -0.787. The van der Waals surface area contributed by atoms with E-state index < -0.39 is 5.60 Å². The molecule has 0 radical (unpaired) electrons. The average molecular weight is 567 g/mol. The van der Waals surface area contributed by atoms with E-state index >= 15 is 0 Å². The molecule has 3 atom stereocenters. The van der Waals surface area contributed by atoms with Gasteiger partial charge >= 0.3 is 0 Å². The fraction of sp³-hybridized carbons (Fsp3) is 0.242. The molecular formula is C33H30BrN2O2+. The van der Waals surface area contributed by atoms with Crippen LogP contribution in [0.4, 0.5) is 0 Å². The maximum atomic E-state index is 11.5. The fourth-order valence-electron chi connectivity index (χ4n) is 5.81. The molecular weight excluding hydrogens is 536 g/mol. The molecule has 3 aromatic carbocycles. The molecule has 0 saturated carbocycles. The first-order valence-corrected chi connectivity index (χ1v) is 13.8. The Labute approximate surface area is 231 Å². The lowest BCUT2D eigenvalue weighted by Crippen LogP contribution is -2.58. The van der Waals surface area contributed by atoms with Gasteiger partial charge in [0.2, 0.25) is 5.88 Å². The summed E-state index contributed by atoms with van der Waals surface area (Å²) >= 11 is 3.60. The van der Waals surface area contributed by atoms with E-state index in [1.165, 1.54) is 0 Å². The number of quaternary nitrogens is 1. The van der Waals surface area contributed by atoms with Crippen LogP contribution >= 0.6 is 15.9 Å². The summed E-state index contributed by atoms with van der Waals surface area (Å²) in [4.78, 5) is 4.65. The molecule has 3 unspecified atom stereocenters. The Hall–Kier alpha value is -3.43. The van der Waals surface area contributed by atoms with Crippen LogP contribution in [0.5, 0.6) is 5.88 Å². The van der Waals surface area contributed by atoms with Crippen molar-refractivity contribution in [3.63, 3.8) is 0 Å². The highest BCUT2D eigenvalue weighted by Crippen LogP contribution is 2.52. The van der Waals surface area contributed by atoms with Gasteiger partial charge in [-0.25, -0.2) is 4.98 Å². The quantitative estimate of drug-likeness (QED) is 0.204. The lowest BCUT2D eigenvalue weighted by Gasteiger charge is -2.50. The smallest absolute Gasteiger partial charge is 0.215 e. The van der Waals surface area contributed by atoms with Crippen LogP contribution in [0, 0.1) is 0 Å². The number of benzene rings is 3. The van der Waals surface area contributed by atoms with Gasteiger partial charge < -0.3 is 14.3 Å². The predicted molar refractivity (Wildman–Crippen MR) is 156 cm³/mol. The third kappa shape index (κ3) is 4.23. The average Bonchev–Trinajstić information content (AvgIpc) is 2.95. The maximum absolute atomic E-state index is 11.5. The van der Waals surface area contributed by atoms with Crippen molar-refractivity contribution in [1.29, 1.82) is 0 Å². The number of aromatic hydroxyl groups is 1. The molecule has 4 aromatic rings. The van der Waals surface area contributed by atoms with Gasteiger partial charge in [0.25, 0.3) is 0 Å². The normalized spacial score (nSPS) is 23.2. The van der Waals surface area contributed by atoms with Gasteiger partial charge in [-0.2, -0.15) is 0 Å². The summed E-state index contributed by atoms with van der Waals surface area (Å²) in [5.41, 5.74) is 11.7. The first-order valence-electron chi connectivity index (χ1n) is 13.1. The fourth-order valence-corrected chi connectivity index (χ4v) is 6.19. The van der Waals surface area contributed by atoms with Gasteiger partial charge in [0, 0.05) is 33.3 Å². The van der Waals surface area contributed by atoms with Crippen LogP contribution in [0.15, 0.2) is 94.8 Å².